The largest absolute Gasteiger partial charge is 0.513 e. The summed E-state index contributed by atoms with van der Waals surface area (Å²) >= 11 is 5.66. The van der Waals surface area contributed by atoms with Gasteiger partial charge in [0.05, 0.1) is 12.8 Å². The molecule has 2 N–H and O–H groups in total. The molecule has 0 bridgehead atoms. The van der Waals surface area contributed by atoms with Crippen LogP contribution in [-0.2, 0) is 4.74 Å². The predicted octanol–water partition coefficient (Wildman–Crippen LogP) is 2.07. The molecule has 1 aromatic rings. The number of ether oxygens (including phenoxy) is 2. The summed E-state index contributed by atoms with van der Waals surface area (Å²) in [6.45, 7) is 0. The van der Waals surface area contributed by atoms with E-state index in [1.165, 1.54) is 13.2 Å². The van der Waals surface area contributed by atoms with E-state index in [0.29, 0.717) is 10.7 Å². The number of halogens is 1. The van der Waals surface area contributed by atoms with Crippen LogP contribution < -0.4 is 10.5 Å². The fraction of sp³-hybridized carbons (Fsp3) is 0.125. The van der Waals surface area contributed by atoms with Gasteiger partial charge in [0.2, 0.25) is 0 Å². The van der Waals surface area contributed by atoms with Gasteiger partial charge in [-0.05, 0) is 12.1 Å². The minimum Gasteiger partial charge on any atom is -0.437 e. The molecule has 1 aromatic carbocycles. The second-order valence-electron chi connectivity index (χ2n) is 2.24. The number of anilines is 1. The van der Waals surface area contributed by atoms with Crippen LogP contribution in [0.5, 0.6) is 5.75 Å². The lowest BCUT2D eigenvalue weighted by Gasteiger charge is -2.05. The molecule has 0 unspecified atom stereocenters. The summed E-state index contributed by atoms with van der Waals surface area (Å²) in [6, 6.07) is 4.58. The Morgan fingerprint density at radius 2 is 2.23 bits per heavy atom. The quantitative estimate of drug-likeness (QED) is 0.429. The van der Waals surface area contributed by atoms with Gasteiger partial charge in [0.1, 0.15) is 0 Å². The first kappa shape index (κ1) is 9.67. The zero-order chi connectivity index (χ0) is 9.84. The topological polar surface area (TPSA) is 61.5 Å². The Kier molecular flexibility index (Phi) is 2.97. The van der Waals surface area contributed by atoms with Gasteiger partial charge < -0.3 is 15.2 Å². The van der Waals surface area contributed by atoms with E-state index in [2.05, 4.69) is 4.74 Å². The zero-order valence-corrected chi connectivity index (χ0v) is 7.67. The van der Waals surface area contributed by atoms with Crippen LogP contribution in [0, 0.1) is 0 Å². The SMILES string of the molecule is COC(=O)Oc1cc(Cl)ccc1N. The lowest BCUT2D eigenvalue weighted by molar-refractivity contribution is 0.121. The number of hydrogen-bond donors (Lipinski definition) is 1. The number of hydrogen-bond acceptors (Lipinski definition) is 4. The number of carbonyl (C=O) groups is 1. The second kappa shape index (κ2) is 4.00. The molecule has 0 spiro atoms. The normalized spacial score (nSPS) is 9.38. The van der Waals surface area contributed by atoms with Crippen molar-refractivity contribution < 1.29 is 14.3 Å². The highest BCUT2D eigenvalue weighted by atomic mass is 35.5. The molecule has 0 fully saturated rings. The van der Waals surface area contributed by atoms with Gasteiger partial charge in [-0.2, -0.15) is 0 Å². The van der Waals surface area contributed by atoms with Crippen molar-refractivity contribution in [2.45, 2.75) is 0 Å². The van der Waals surface area contributed by atoms with Crippen LogP contribution in [0.15, 0.2) is 18.2 Å². The summed E-state index contributed by atoms with van der Waals surface area (Å²) in [5.74, 6) is 0.194. The minimum atomic E-state index is -0.825. The van der Waals surface area contributed by atoms with Crippen LogP contribution >= 0.6 is 11.6 Å². The van der Waals surface area contributed by atoms with Gasteiger partial charge in [-0.1, -0.05) is 11.6 Å². The average molecular weight is 202 g/mol. The molecule has 0 aliphatic rings. The minimum absolute atomic E-state index is 0.194. The highest BCUT2D eigenvalue weighted by Crippen LogP contribution is 2.25. The Balaban J connectivity index is 2.87. The molecular weight excluding hydrogens is 194 g/mol. The van der Waals surface area contributed by atoms with Crippen molar-refractivity contribution in [3.63, 3.8) is 0 Å². The van der Waals surface area contributed by atoms with E-state index in [9.17, 15) is 4.79 Å². The van der Waals surface area contributed by atoms with Crippen LogP contribution in [0.4, 0.5) is 10.5 Å². The molecule has 0 saturated carbocycles. The van der Waals surface area contributed by atoms with Crippen molar-refractivity contribution in [3.05, 3.63) is 23.2 Å². The van der Waals surface area contributed by atoms with Gasteiger partial charge in [-0.3, -0.25) is 0 Å². The highest BCUT2D eigenvalue weighted by molar-refractivity contribution is 6.30. The summed E-state index contributed by atoms with van der Waals surface area (Å²) in [5.41, 5.74) is 5.83. The number of rotatable bonds is 1. The first-order valence-corrected chi connectivity index (χ1v) is 3.82. The number of nitrogen functional groups attached to an aromatic ring is 1. The Hall–Kier alpha value is -1.42. The summed E-state index contributed by atoms with van der Waals surface area (Å²) in [6.07, 6.45) is -0.825. The molecule has 0 saturated heterocycles. The molecule has 70 valence electrons. The molecule has 0 aliphatic carbocycles. The second-order valence-corrected chi connectivity index (χ2v) is 2.67. The van der Waals surface area contributed by atoms with Crippen molar-refractivity contribution in [2.24, 2.45) is 0 Å². The van der Waals surface area contributed by atoms with E-state index < -0.39 is 6.16 Å². The predicted molar refractivity (Wildman–Crippen MR) is 48.9 cm³/mol. The molecule has 5 heteroatoms. The summed E-state index contributed by atoms with van der Waals surface area (Å²) in [7, 11) is 1.21. The third-order valence-electron chi connectivity index (χ3n) is 1.34. The van der Waals surface area contributed by atoms with Gasteiger partial charge in [0.25, 0.3) is 0 Å². The van der Waals surface area contributed by atoms with Gasteiger partial charge in [0, 0.05) is 11.1 Å². The van der Waals surface area contributed by atoms with Crippen molar-refractivity contribution >= 4 is 23.4 Å². The lowest BCUT2D eigenvalue weighted by atomic mass is 10.3. The monoisotopic (exact) mass is 201 g/mol. The van der Waals surface area contributed by atoms with Gasteiger partial charge in [-0.15, -0.1) is 0 Å². The first-order valence-electron chi connectivity index (χ1n) is 3.44. The van der Waals surface area contributed by atoms with E-state index in [-0.39, 0.29) is 5.75 Å². The van der Waals surface area contributed by atoms with Gasteiger partial charge in [-0.25, -0.2) is 4.79 Å². The van der Waals surface area contributed by atoms with Gasteiger partial charge in [0.15, 0.2) is 5.75 Å². The fourth-order valence-electron chi connectivity index (χ4n) is 0.728. The molecule has 0 amide bonds. The summed E-state index contributed by atoms with van der Waals surface area (Å²) in [5, 5.41) is 0.438. The highest BCUT2D eigenvalue weighted by Gasteiger charge is 2.07. The van der Waals surface area contributed by atoms with Crippen molar-refractivity contribution in [1.29, 1.82) is 0 Å². The van der Waals surface area contributed by atoms with Gasteiger partial charge >= 0.3 is 6.16 Å². The van der Waals surface area contributed by atoms with E-state index in [4.69, 9.17) is 22.1 Å². The number of methoxy groups -OCH3 is 1. The van der Waals surface area contributed by atoms with Crippen LogP contribution in [0.2, 0.25) is 5.02 Å². The molecule has 0 atom stereocenters. The van der Waals surface area contributed by atoms with E-state index in [1.54, 1.807) is 12.1 Å². The maximum atomic E-state index is 10.7. The first-order chi connectivity index (χ1) is 6.13. The summed E-state index contributed by atoms with van der Waals surface area (Å²) < 4.78 is 8.99. The Bertz CT molecular complexity index is 327. The van der Waals surface area contributed by atoms with Crippen LogP contribution in [0.3, 0.4) is 0 Å². The molecule has 4 nitrogen and oxygen atoms in total. The molecular formula is C8H8ClNO3. The molecule has 0 heterocycles. The third-order valence-corrected chi connectivity index (χ3v) is 1.57. The van der Waals surface area contributed by atoms with Crippen molar-refractivity contribution in [1.82, 2.24) is 0 Å². The number of nitrogens with two attached hydrogens (primary N) is 1. The maximum absolute atomic E-state index is 10.7. The van der Waals surface area contributed by atoms with Crippen molar-refractivity contribution in [2.75, 3.05) is 12.8 Å². The third kappa shape index (κ3) is 2.52. The standard InChI is InChI=1S/C8H8ClNO3/c1-12-8(11)13-7-4-5(9)2-3-6(7)10/h2-4H,10H2,1H3. The van der Waals surface area contributed by atoms with E-state index >= 15 is 0 Å². The number of carbonyl (C=O) groups excluding carboxylic acids is 1. The zero-order valence-electron chi connectivity index (χ0n) is 6.91. The lowest BCUT2D eigenvalue weighted by Crippen LogP contribution is -2.08. The summed E-state index contributed by atoms with van der Waals surface area (Å²) in [4.78, 5) is 10.7. The van der Waals surface area contributed by atoms with E-state index in [0.717, 1.165) is 0 Å². The molecule has 1 rings (SSSR count). The average Bonchev–Trinajstić information content (AvgIpc) is 2.11. The van der Waals surface area contributed by atoms with Crippen LogP contribution in [0.1, 0.15) is 0 Å². The molecule has 0 radical (unpaired) electrons. The number of benzene rings is 1. The van der Waals surface area contributed by atoms with E-state index in [1.807, 2.05) is 0 Å². The molecule has 13 heavy (non-hydrogen) atoms. The fourth-order valence-corrected chi connectivity index (χ4v) is 0.890. The smallest absolute Gasteiger partial charge is 0.437 e. The maximum Gasteiger partial charge on any atom is 0.513 e. The molecule has 0 aromatic heterocycles. The Morgan fingerprint density at radius 3 is 2.85 bits per heavy atom. The Morgan fingerprint density at radius 1 is 1.54 bits per heavy atom. The van der Waals surface area contributed by atoms with Crippen molar-refractivity contribution in [3.8, 4) is 5.75 Å². The Labute approximate surface area is 80.2 Å². The molecule has 0 aliphatic heterocycles. The van der Waals surface area contributed by atoms with Crippen LogP contribution in [-0.4, -0.2) is 13.3 Å². The van der Waals surface area contributed by atoms with Crippen LogP contribution in [0.25, 0.3) is 0 Å².